The van der Waals surface area contributed by atoms with Crippen molar-refractivity contribution in [1.29, 1.82) is 5.26 Å². The van der Waals surface area contributed by atoms with Crippen molar-refractivity contribution in [2.24, 2.45) is 0 Å². The molecule has 2 heteroatoms. The maximum atomic E-state index is 8.40. The molecule has 2 nitrogen and oxygen atoms in total. The quantitative estimate of drug-likeness (QED) is 0.503. The molecule has 12 heavy (non-hydrogen) atoms. The number of anilines is 1. The Morgan fingerprint density at radius 1 is 1.42 bits per heavy atom. The van der Waals surface area contributed by atoms with Crippen LogP contribution in [0.15, 0.2) is 30.3 Å². The van der Waals surface area contributed by atoms with Crippen molar-refractivity contribution in [2.75, 3.05) is 5.73 Å². The molecular weight excluding hydrogens is 148 g/mol. The molecule has 1 aromatic rings. The van der Waals surface area contributed by atoms with Crippen molar-refractivity contribution in [3.8, 4) is 6.07 Å². The van der Waals surface area contributed by atoms with Crippen LogP contribution in [-0.4, -0.2) is 0 Å². The van der Waals surface area contributed by atoms with Gasteiger partial charge in [0.25, 0.3) is 0 Å². The third-order valence-electron chi connectivity index (χ3n) is 1.65. The lowest BCUT2D eigenvalue weighted by Gasteiger charge is -1.99. The van der Waals surface area contributed by atoms with Crippen LogP contribution in [0.2, 0.25) is 0 Å². The van der Waals surface area contributed by atoms with Gasteiger partial charge >= 0.3 is 0 Å². The fourth-order valence-electron chi connectivity index (χ4n) is 0.926. The van der Waals surface area contributed by atoms with Gasteiger partial charge in [-0.05, 0) is 30.2 Å². The third-order valence-corrected chi connectivity index (χ3v) is 1.65. The molecule has 0 bridgehead atoms. The Morgan fingerprint density at radius 2 is 2.00 bits per heavy atom. The number of nitrogens with zero attached hydrogens (tertiary/aromatic N) is 1. The molecule has 0 saturated heterocycles. The summed E-state index contributed by atoms with van der Waals surface area (Å²) in [6.45, 7) is 1.90. The van der Waals surface area contributed by atoms with Crippen molar-refractivity contribution in [1.82, 2.24) is 0 Å². The van der Waals surface area contributed by atoms with Crippen molar-refractivity contribution < 1.29 is 0 Å². The van der Waals surface area contributed by atoms with Gasteiger partial charge in [-0.25, -0.2) is 0 Å². The number of nitrogen functional groups attached to an aromatic ring is 1. The molecule has 0 aromatic heterocycles. The number of rotatable bonds is 1. The van der Waals surface area contributed by atoms with Gasteiger partial charge in [0.15, 0.2) is 0 Å². The lowest BCUT2D eigenvalue weighted by Crippen LogP contribution is -1.84. The fraction of sp³-hybridized carbons (Fsp3) is 0.100. The molecule has 0 radical (unpaired) electrons. The Labute approximate surface area is 71.9 Å². The zero-order valence-electron chi connectivity index (χ0n) is 6.91. The van der Waals surface area contributed by atoms with E-state index < -0.39 is 0 Å². The van der Waals surface area contributed by atoms with Crippen LogP contribution < -0.4 is 5.73 Å². The molecule has 0 amide bonds. The van der Waals surface area contributed by atoms with Gasteiger partial charge in [0, 0.05) is 11.8 Å². The smallest absolute Gasteiger partial charge is 0.0915 e. The second-order valence-corrected chi connectivity index (χ2v) is 2.58. The fourth-order valence-corrected chi connectivity index (χ4v) is 0.926. The van der Waals surface area contributed by atoms with E-state index in [0.717, 1.165) is 16.8 Å². The van der Waals surface area contributed by atoms with Crippen LogP contribution in [0, 0.1) is 11.3 Å². The minimum absolute atomic E-state index is 0.739. The van der Waals surface area contributed by atoms with Crippen molar-refractivity contribution >= 4 is 11.3 Å². The van der Waals surface area contributed by atoms with Crippen LogP contribution in [0.4, 0.5) is 5.69 Å². The monoisotopic (exact) mass is 158 g/mol. The molecule has 0 saturated carbocycles. The molecule has 1 rings (SSSR count). The highest BCUT2D eigenvalue weighted by Gasteiger charge is 1.93. The van der Waals surface area contributed by atoms with Crippen molar-refractivity contribution in [2.45, 2.75) is 6.92 Å². The van der Waals surface area contributed by atoms with Crippen LogP contribution in [-0.2, 0) is 0 Å². The molecule has 0 aliphatic rings. The Bertz CT molecular complexity index is 328. The SMILES string of the molecule is C/C(=C/C#N)c1ccc(N)cc1. The average Bonchev–Trinajstić information content (AvgIpc) is 2.06. The molecular formula is C10H10N2. The normalized spacial score (nSPS) is 10.8. The molecule has 60 valence electrons. The van der Waals surface area contributed by atoms with E-state index in [9.17, 15) is 0 Å². The minimum atomic E-state index is 0.739. The number of hydrogen-bond acceptors (Lipinski definition) is 2. The minimum Gasteiger partial charge on any atom is -0.399 e. The van der Waals surface area contributed by atoms with E-state index in [4.69, 9.17) is 11.0 Å². The number of nitriles is 1. The maximum absolute atomic E-state index is 8.40. The first-order chi connectivity index (χ1) is 5.74. The number of benzene rings is 1. The molecule has 1 aromatic carbocycles. The predicted molar refractivity (Wildman–Crippen MR) is 50.1 cm³/mol. The summed E-state index contributed by atoms with van der Waals surface area (Å²) in [5, 5.41) is 8.40. The lowest BCUT2D eigenvalue weighted by atomic mass is 10.1. The van der Waals surface area contributed by atoms with E-state index in [0.29, 0.717) is 0 Å². The van der Waals surface area contributed by atoms with Gasteiger partial charge in [-0.3, -0.25) is 0 Å². The van der Waals surface area contributed by atoms with Gasteiger partial charge in [0.2, 0.25) is 0 Å². The molecule has 0 atom stereocenters. The average molecular weight is 158 g/mol. The molecule has 0 heterocycles. The van der Waals surface area contributed by atoms with Crippen LogP contribution in [0.5, 0.6) is 0 Å². The van der Waals surface area contributed by atoms with E-state index >= 15 is 0 Å². The summed E-state index contributed by atoms with van der Waals surface area (Å²) in [5.74, 6) is 0. The number of nitrogens with two attached hydrogens (primary N) is 1. The Kier molecular flexibility index (Phi) is 2.49. The largest absolute Gasteiger partial charge is 0.399 e. The van der Waals surface area contributed by atoms with Crippen LogP contribution >= 0.6 is 0 Å². The van der Waals surface area contributed by atoms with E-state index in [1.54, 1.807) is 0 Å². The van der Waals surface area contributed by atoms with Crippen LogP contribution in [0.3, 0.4) is 0 Å². The number of hydrogen-bond donors (Lipinski definition) is 1. The molecule has 0 spiro atoms. The predicted octanol–water partition coefficient (Wildman–Crippen LogP) is 2.20. The zero-order chi connectivity index (χ0) is 8.97. The highest BCUT2D eigenvalue weighted by atomic mass is 14.5. The molecule has 2 N–H and O–H groups in total. The highest BCUT2D eigenvalue weighted by Crippen LogP contribution is 2.14. The van der Waals surface area contributed by atoms with Crippen molar-refractivity contribution in [3.05, 3.63) is 35.9 Å². The second-order valence-electron chi connectivity index (χ2n) is 2.58. The third kappa shape index (κ3) is 1.86. The van der Waals surface area contributed by atoms with Gasteiger partial charge in [0.05, 0.1) is 6.07 Å². The standard InChI is InChI=1S/C10H10N2/c1-8(6-7-11)9-2-4-10(12)5-3-9/h2-6H,12H2,1H3/b8-6-. The van der Waals surface area contributed by atoms with E-state index in [-0.39, 0.29) is 0 Å². The van der Waals surface area contributed by atoms with Gasteiger partial charge in [-0.1, -0.05) is 12.1 Å². The molecule has 0 fully saturated rings. The lowest BCUT2D eigenvalue weighted by molar-refractivity contribution is 1.52. The van der Waals surface area contributed by atoms with Gasteiger partial charge < -0.3 is 5.73 Å². The summed E-state index contributed by atoms with van der Waals surface area (Å²) in [6.07, 6.45) is 1.52. The summed E-state index contributed by atoms with van der Waals surface area (Å²) in [5.41, 5.74) is 8.24. The van der Waals surface area contributed by atoms with Gasteiger partial charge in [-0.2, -0.15) is 5.26 Å². The first-order valence-corrected chi connectivity index (χ1v) is 3.66. The number of allylic oxidation sites excluding steroid dienone is 2. The van der Waals surface area contributed by atoms with Gasteiger partial charge in [-0.15, -0.1) is 0 Å². The highest BCUT2D eigenvalue weighted by molar-refractivity contribution is 5.66. The van der Waals surface area contributed by atoms with Crippen LogP contribution in [0.1, 0.15) is 12.5 Å². The first kappa shape index (κ1) is 8.35. The topological polar surface area (TPSA) is 49.8 Å². The van der Waals surface area contributed by atoms with Crippen molar-refractivity contribution in [3.63, 3.8) is 0 Å². The van der Waals surface area contributed by atoms with Gasteiger partial charge in [0.1, 0.15) is 0 Å². The molecule has 0 aliphatic carbocycles. The first-order valence-electron chi connectivity index (χ1n) is 3.66. The summed E-state index contributed by atoms with van der Waals surface area (Å²) < 4.78 is 0. The van der Waals surface area contributed by atoms with Crippen LogP contribution in [0.25, 0.3) is 5.57 Å². The Morgan fingerprint density at radius 3 is 2.50 bits per heavy atom. The summed E-state index contributed by atoms with van der Waals surface area (Å²) >= 11 is 0. The van der Waals surface area contributed by atoms with E-state index in [1.165, 1.54) is 6.08 Å². The van der Waals surface area contributed by atoms with E-state index in [2.05, 4.69) is 0 Å². The summed E-state index contributed by atoms with van der Waals surface area (Å²) in [4.78, 5) is 0. The Balaban J connectivity index is 2.99. The molecule has 0 aliphatic heterocycles. The zero-order valence-corrected chi connectivity index (χ0v) is 6.91. The molecule has 0 unspecified atom stereocenters. The summed E-state index contributed by atoms with van der Waals surface area (Å²) in [6, 6.07) is 9.44. The maximum Gasteiger partial charge on any atom is 0.0915 e. The Hall–Kier alpha value is -1.75. The summed E-state index contributed by atoms with van der Waals surface area (Å²) in [7, 11) is 0. The second kappa shape index (κ2) is 3.59. The van der Waals surface area contributed by atoms with E-state index in [1.807, 2.05) is 37.3 Å².